The molecule has 2 atom stereocenters. The Hall–Kier alpha value is -1.59. The Bertz CT molecular complexity index is 430. The number of rotatable bonds is 5. The van der Waals surface area contributed by atoms with Crippen LogP contribution in [0.2, 0.25) is 5.02 Å². The van der Waals surface area contributed by atoms with Gasteiger partial charge in [-0.15, -0.1) is 0 Å². The van der Waals surface area contributed by atoms with E-state index in [-0.39, 0.29) is 6.42 Å². The van der Waals surface area contributed by atoms with Gasteiger partial charge in [-0.3, -0.25) is 4.79 Å². The second-order valence-electron chi connectivity index (χ2n) is 3.93. The SMILES string of the molecule is C[C@@H](O)[C@H](NC(=O)Cc1ccc(Cl)cc1)C(=O)O. The smallest absolute Gasteiger partial charge is 0.328 e. The summed E-state index contributed by atoms with van der Waals surface area (Å²) in [6.45, 7) is 1.31. The zero-order valence-electron chi connectivity index (χ0n) is 9.76. The number of amides is 1. The number of halogens is 1. The maximum absolute atomic E-state index is 11.6. The molecule has 0 heterocycles. The number of aliphatic hydroxyl groups is 1. The molecule has 1 aromatic rings. The van der Waals surface area contributed by atoms with Gasteiger partial charge in [-0.05, 0) is 24.6 Å². The normalized spacial score (nSPS) is 13.7. The van der Waals surface area contributed by atoms with E-state index in [1.165, 1.54) is 6.92 Å². The topological polar surface area (TPSA) is 86.6 Å². The van der Waals surface area contributed by atoms with Crippen molar-refractivity contribution in [1.82, 2.24) is 5.32 Å². The lowest BCUT2D eigenvalue weighted by Gasteiger charge is -2.16. The lowest BCUT2D eigenvalue weighted by molar-refractivity contribution is -0.144. The largest absolute Gasteiger partial charge is 0.480 e. The van der Waals surface area contributed by atoms with E-state index < -0.39 is 24.0 Å². The lowest BCUT2D eigenvalue weighted by Crippen LogP contribution is -2.48. The molecule has 0 spiro atoms. The van der Waals surface area contributed by atoms with Crippen molar-refractivity contribution in [3.63, 3.8) is 0 Å². The summed E-state index contributed by atoms with van der Waals surface area (Å²) in [7, 11) is 0. The number of hydrogen-bond donors (Lipinski definition) is 3. The molecule has 0 unspecified atom stereocenters. The highest BCUT2D eigenvalue weighted by Crippen LogP contribution is 2.10. The predicted molar refractivity (Wildman–Crippen MR) is 66.4 cm³/mol. The van der Waals surface area contributed by atoms with E-state index in [2.05, 4.69) is 5.32 Å². The highest BCUT2D eigenvalue weighted by Gasteiger charge is 2.24. The minimum Gasteiger partial charge on any atom is -0.480 e. The van der Waals surface area contributed by atoms with Gasteiger partial charge in [-0.2, -0.15) is 0 Å². The molecular formula is C12H14ClNO4. The number of aliphatic carboxylic acids is 1. The zero-order valence-corrected chi connectivity index (χ0v) is 10.5. The third-order valence-electron chi connectivity index (χ3n) is 2.34. The molecule has 5 nitrogen and oxygen atoms in total. The van der Waals surface area contributed by atoms with Gasteiger partial charge >= 0.3 is 5.97 Å². The summed E-state index contributed by atoms with van der Waals surface area (Å²) in [5.74, 6) is -1.74. The minimum absolute atomic E-state index is 0.0354. The summed E-state index contributed by atoms with van der Waals surface area (Å²) in [5, 5.41) is 20.8. The van der Waals surface area contributed by atoms with Crippen molar-refractivity contribution in [2.24, 2.45) is 0 Å². The first kappa shape index (κ1) is 14.5. The Labute approximate surface area is 109 Å². The summed E-state index contributed by atoms with van der Waals surface area (Å²) in [6.07, 6.45) is -1.12. The molecule has 0 aromatic heterocycles. The van der Waals surface area contributed by atoms with Crippen molar-refractivity contribution < 1.29 is 19.8 Å². The van der Waals surface area contributed by atoms with Crippen molar-refractivity contribution in [1.29, 1.82) is 0 Å². The van der Waals surface area contributed by atoms with Crippen LogP contribution in [0.5, 0.6) is 0 Å². The van der Waals surface area contributed by atoms with Crippen LogP contribution in [-0.2, 0) is 16.0 Å². The second kappa shape index (κ2) is 6.37. The van der Waals surface area contributed by atoms with E-state index in [1.54, 1.807) is 24.3 Å². The van der Waals surface area contributed by atoms with Crippen LogP contribution >= 0.6 is 11.6 Å². The Morgan fingerprint density at radius 1 is 1.33 bits per heavy atom. The van der Waals surface area contributed by atoms with Crippen molar-refractivity contribution in [3.8, 4) is 0 Å². The summed E-state index contributed by atoms with van der Waals surface area (Å²) in [5.41, 5.74) is 0.714. The zero-order chi connectivity index (χ0) is 13.7. The fraction of sp³-hybridized carbons (Fsp3) is 0.333. The monoisotopic (exact) mass is 271 g/mol. The van der Waals surface area contributed by atoms with Crippen LogP contribution in [0.15, 0.2) is 24.3 Å². The van der Waals surface area contributed by atoms with Gasteiger partial charge in [-0.25, -0.2) is 4.79 Å². The summed E-state index contributed by atoms with van der Waals surface area (Å²) < 4.78 is 0. The molecule has 18 heavy (non-hydrogen) atoms. The van der Waals surface area contributed by atoms with Gasteiger partial charge in [0.2, 0.25) is 5.91 Å². The van der Waals surface area contributed by atoms with Crippen LogP contribution in [0, 0.1) is 0 Å². The predicted octanol–water partition coefficient (Wildman–Crippen LogP) is 0.833. The number of aliphatic hydroxyl groups excluding tert-OH is 1. The van der Waals surface area contributed by atoms with E-state index in [9.17, 15) is 14.7 Å². The molecule has 6 heteroatoms. The third kappa shape index (κ3) is 4.35. The van der Waals surface area contributed by atoms with E-state index in [0.717, 1.165) is 0 Å². The first-order valence-electron chi connectivity index (χ1n) is 5.35. The molecule has 1 rings (SSSR count). The standard InChI is InChI=1S/C12H14ClNO4/c1-7(15)11(12(17)18)14-10(16)6-8-2-4-9(13)5-3-8/h2-5,7,11,15H,6H2,1H3,(H,14,16)(H,17,18)/t7-,11+/m1/s1. The molecule has 0 fully saturated rings. The molecule has 1 amide bonds. The number of carboxylic acids is 1. The van der Waals surface area contributed by atoms with Crippen LogP contribution in [0.1, 0.15) is 12.5 Å². The Balaban J connectivity index is 2.60. The lowest BCUT2D eigenvalue weighted by atomic mass is 10.1. The highest BCUT2D eigenvalue weighted by atomic mass is 35.5. The molecular weight excluding hydrogens is 258 g/mol. The molecule has 1 aromatic carbocycles. The molecule has 0 aliphatic carbocycles. The molecule has 0 aliphatic rings. The fourth-order valence-electron chi connectivity index (χ4n) is 1.40. The Kier molecular flexibility index (Phi) is 5.12. The highest BCUT2D eigenvalue weighted by molar-refractivity contribution is 6.30. The van der Waals surface area contributed by atoms with E-state index in [4.69, 9.17) is 16.7 Å². The minimum atomic E-state index is -1.30. The Morgan fingerprint density at radius 3 is 2.33 bits per heavy atom. The molecule has 0 radical (unpaired) electrons. The third-order valence-corrected chi connectivity index (χ3v) is 2.59. The van der Waals surface area contributed by atoms with Gasteiger partial charge in [0.15, 0.2) is 6.04 Å². The summed E-state index contributed by atoms with van der Waals surface area (Å²) in [6, 6.07) is 5.35. The number of benzene rings is 1. The second-order valence-corrected chi connectivity index (χ2v) is 4.36. The number of carbonyl (C=O) groups excluding carboxylic acids is 1. The molecule has 0 bridgehead atoms. The van der Waals surface area contributed by atoms with Crippen molar-refractivity contribution in [3.05, 3.63) is 34.9 Å². The van der Waals surface area contributed by atoms with Crippen molar-refractivity contribution >= 4 is 23.5 Å². The van der Waals surface area contributed by atoms with Gasteiger partial charge in [-0.1, -0.05) is 23.7 Å². The first-order chi connectivity index (χ1) is 8.40. The van der Waals surface area contributed by atoms with Crippen LogP contribution in [0.25, 0.3) is 0 Å². The van der Waals surface area contributed by atoms with Gasteiger partial charge in [0.1, 0.15) is 0 Å². The van der Waals surface area contributed by atoms with Gasteiger partial charge < -0.3 is 15.5 Å². The van der Waals surface area contributed by atoms with Gasteiger partial charge in [0, 0.05) is 5.02 Å². The average molecular weight is 272 g/mol. The quantitative estimate of drug-likeness (QED) is 0.740. The van der Waals surface area contributed by atoms with Gasteiger partial charge in [0.05, 0.1) is 12.5 Å². The van der Waals surface area contributed by atoms with Crippen LogP contribution < -0.4 is 5.32 Å². The van der Waals surface area contributed by atoms with Crippen LogP contribution in [0.3, 0.4) is 0 Å². The summed E-state index contributed by atoms with van der Waals surface area (Å²) >= 11 is 5.70. The number of nitrogens with one attached hydrogen (secondary N) is 1. The fourth-order valence-corrected chi connectivity index (χ4v) is 1.53. The van der Waals surface area contributed by atoms with Crippen molar-refractivity contribution in [2.45, 2.75) is 25.5 Å². The molecule has 0 saturated carbocycles. The van der Waals surface area contributed by atoms with Crippen LogP contribution in [-0.4, -0.2) is 34.2 Å². The van der Waals surface area contributed by atoms with E-state index >= 15 is 0 Å². The molecule has 0 saturated heterocycles. The molecule has 98 valence electrons. The maximum Gasteiger partial charge on any atom is 0.328 e. The summed E-state index contributed by atoms with van der Waals surface area (Å²) in [4.78, 5) is 22.4. The van der Waals surface area contributed by atoms with E-state index in [1.807, 2.05) is 0 Å². The Morgan fingerprint density at radius 2 is 1.89 bits per heavy atom. The maximum atomic E-state index is 11.6. The number of carboxylic acid groups (broad SMARTS) is 1. The van der Waals surface area contributed by atoms with E-state index in [0.29, 0.717) is 10.6 Å². The molecule has 3 N–H and O–H groups in total. The first-order valence-corrected chi connectivity index (χ1v) is 5.72. The number of hydrogen-bond acceptors (Lipinski definition) is 3. The van der Waals surface area contributed by atoms with Gasteiger partial charge in [0.25, 0.3) is 0 Å². The molecule has 0 aliphatic heterocycles. The van der Waals surface area contributed by atoms with Crippen LogP contribution in [0.4, 0.5) is 0 Å². The van der Waals surface area contributed by atoms with Crippen molar-refractivity contribution in [2.75, 3.05) is 0 Å². The average Bonchev–Trinajstić information content (AvgIpc) is 2.28. The number of carbonyl (C=O) groups is 2.